The SMILES string of the molecule is CC(=O)N[C@H]1C(O)O[C@H](CO)[C@@H](O[C@H]2O[C@H](COP(=O)(O)O)[C@@H](O)[C@H](O)[C@@H]2O[C@H]2O[C@H](CO)[C@@H](O)[C@H](O)[C@@H]2O[C@H]2O[C@H](CO)[C@@H](O)[C@H](O)[C@@H]2O)[C@@H]1O. The summed E-state index contributed by atoms with van der Waals surface area (Å²) in [5, 5.41) is 128. The quantitative estimate of drug-likeness (QED) is 0.0770. The molecule has 4 aliphatic rings. The predicted molar refractivity (Wildman–Crippen MR) is 156 cm³/mol. The number of rotatable bonds is 13. The number of hydrogen-bond donors (Lipinski definition) is 15. The highest BCUT2D eigenvalue weighted by Crippen LogP contribution is 2.39. The molecule has 0 aromatic rings. The lowest BCUT2D eigenvalue weighted by Gasteiger charge is -2.50. The van der Waals surface area contributed by atoms with Crippen LogP contribution in [0.1, 0.15) is 6.92 Å². The van der Waals surface area contributed by atoms with Gasteiger partial charge in [-0.15, -0.1) is 0 Å². The van der Waals surface area contributed by atoms with Gasteiger partial charge in [0.05, 0.1) is 26.4 Å². The molecule has 0 radical (unpaired) electrons. The monoisotopic (exact) mass is 787 g/mol. The largest absolute Gasteiger partial charge is 0.469 e. The number of aliphatic hydroxyl groups excluding tert-OH is 12. The van der Waals surface area contributed by atoms with E-state index >= 15 is 0 Å². The molecule has 15 N–H and O–H groups in total. The maximum atomic E-state index is 11.8. The summed E-state index contributed by atoms with van der Waals surface area (Å²) in [5.41, 5.74) is 0. The molecule has 0 saturated carbocycles. The van der Waals surface area contributed by atoms with E-state index in [2.05, 4.69) is 9.84 Å². The maximum absolute atomic E-state index is 11.8. The van der Waals surface area contributed by atoms with Crippen molar-refractivity contribution < 1.29 is 118 Å². The van der Waals surface area contributed by atoms with Gasteiger partial charge in [0.2, 0.25) is 5.91 Å². The van der Waals surface area contributed by atoms with E-state index in [0.29, 0.717) is 0 Å². The highest BCUT2D eigenvalue weighted by atomic mass is 31.2. The van der Waals surface area contributed by atoms with Gasteiger partial charge in [-0.25, -0.2) is 4.57 Å². The zero-order valence-electron chi connectivity index (χ0n) is 27.2. The Hall–Kier alpha value is -1.18. The number of phosphoric ester groups is 1. The summed E-state index contributed by atoms with van der Waals surface area (Å²) in [6.45, 7) is -2.83. The minimum Gasteiger partial charge on any atom is -0.394 e. The standard InChI is InChI=1S/C26H46NO24P/c1-6(31)27-11-15(35)20(9(4-30)45-23(11)40)49-26-22(18(38)14(34)10(48-26)5-44-52(41,42)43)51-25-21(17(37)13(33)8(3-29)47-25)50-24-19(39)16(36)12(32)7(2-28)46-24/h7-26,28-30,32-40H,2-5H2,1H3,(H,27,31)(H2,41,42,43)/t7-,8-,9-,10-,11-,12-,13-,14-,15-,16+,17+,18+,19+,20-,21+,22+,23?,24-,25-,26-/m1/s1. The molecule has 4 fully saturated rings. The van der Waals surface area contributed by atoms with Gasteiger partial charge in [-0.3, -0.25) is 9.32 Å². The van der Waals surface area contributed by atoms with Gasteiger partial charge in [-0.2, -0.15) is 0 Å². The van der Waals surface area contributed by atoms with Crippen molar-refractivity contribution >= 4 is 13.7 Å². The maximum Gasteiger partial charge on any atom is 0.469 e. The molecule has 25 nitrogen and oxygen atoms in total. The first-order chi connectivity index (χ1) is 24.3. The van der Waals surface area contributed by atoms with Crippen LogP contribution < -0.4 is 5.32 Å². The van der Waals surface area contributed by atoms with Gasteiger partial charge >= 0.3 is 7.82 Å². The first-order valence-corrected chi connectivity index (χ1v) is 17.4. The normalized spacial score (nSPS) is 47.6. The van der Waals surface area contributed by atoms with Gasteiger partial charge in [0.15, 0.2) is 25.2 Å². The third kappa shape index (κ3) is 9.78. The van der Waals surface area contributed by atoms with Crippen LogP contribution in [0.25, 0.3) is 0 Å². The van der Waals surface area contributed by atoms with Crippen LogP contribution in [0.15, 0.2) is 0 Å². The zero-order valence-corrected chi connectivity index (χ0v) is 28.1. The lowest BCUT2D eigenvalue weighted by atomic mass is 9.95. The van der Waals surface area contributed by atoms with Crippen molar-refractivity contribution in [3.05, 3.63) is 0 Å². The summed E-state index contributed by atoms with van der Waals surface area (Å²) in [7, 11) is -5.20. The minimum atomic E-state index is -5.20. The Kier molecular flexibility index (Phi) is 15.2. The third-order valence-electron chi connectivity index (χ3n) is 8.84. The van der Waals surface area contributed by atoms with Crippen molar-refractivity contribution in [1.29, 1.82) is 0 Å². The molecule has 1 amide bonds. The average Bonchev–Trinajstić information content (AvgIpc) is 3.08. The van der Waals surface area contributed by atoms with Crippen LogP contribution in [0.4, 0.5) is 0 Å². The Morgan fingerprint density at radius 2 is 1.02 bits per heavy atom. The van der Waals surface area contributed by atoms with E-state index in [4.69, 9.17) is 33.2 Å². The fraction of sp³-hybridized carbons (Fsp3) is 0.962. The van der Waals surface area contributed by atoms with Gasteiger partial charge < -0.3 is 110 Å². The number of carbonyl (C=O) groups excluding carboxylic acids is 1. The summed E-state index contributed by atoms with van der Waals surface area (Å²) >= 11 is 0. The van der Waals surface area contributed by atoms with E-state index in [-0.39, 0.29) is 0 Å². The molecule has 20 atom stereocenters. The number of phosphoric acid groups is 1. The molecule has 1 unspecified atom stereocenters. The molecule has 52 heavy (non-hydrogen) atoms. The number of aliphatic hydroxyl groups is 12. The molecule has 304 valence electrons. The van der Waals surface area contributed by atoms with Crippen LogP contribution >= 0.6 is 7.82 Å². The second kappa shape index (κ2) is 18.2. The summed E-state index contributed by atoms with van der Waals surface area (Å²) in [6, 6.07) is -1.59. The van der Waals surface area contributed by atoms with Gasteiger partial charge in [-0.05, 0) is 0 Å². The van der Waals surface area contributed by atoms with Gasteiger partial charge in [0.25, 0.3) is 0 Å². The summed E-state index contributed by atoms with van der Waals surface area (Å²) in [5.74, 6) is -0.740. The molecule has 4 rings (SSSR count). The number of carbonyl (C=O) groups is 1. The Balaban J connectivity index is 1.68. The van der Waals surface area contributed by atoms with E-state index in [1.54, 1.807) is 0 Å². The molecular weight excluding hydrogens is 741 g/mol. The molecule has 0 aromatic heterocycles. The molecule has 0 aliphatic carbocycles. The number of amides is 1. The molecule has 4 saturated heterocycles. The first-order valence-electron chi connectivity index (χ1n) is 15.8. The van der Waals surface area contributed by atoms with E-state index in [1.807, 2.05) is 0 Å². The van der Waals surface area contributed by atoms with E-state index in [0.717, 1.165) is 6.92 Å². The molecular formula is C26H46NO24P. The fourth-order valence-corrected chi connectivity index (χ4v) is 6.40. The van der Waals surface area contributed by atoms with E-state index in [9.17, 15) is 80.4 Å². The third-order valence-corrected chi connectivity index (χ3v) is 9.33. The summed E-state index contributed by atoms with van der Waals surface area (Å²) in [4.78, 5) is 30.1. The Labute approximate surface area is 293 Å². The van der Waals surface area contributed by atoms with Crippen LogP contribution in [-0.2, 0) is 47.0 Å². The lowest BCUT2D eigenvalue weighted by molar-refractivity contribution is -0.401. The lowest BCUT2D eigenvalue weighted by Crippen LogP contribution is -2.69. The van der Waals surface area contributed by atoms with E-state index in [1.165, 1.54) is 0 Å². The van der Waals surface area contributed by atoms with Crippen LogP contribution in [0.5, 0.6) is 0 Å². The van der Waals surface area contributed by atoms with Gasteiger partial charge in [-0.1, -0.05) is 0 Å². The fourth-order valence-electron chi connectivity index (χ4n) is 6.06. The van der Waals surface area contributed by atoms with Crippen LogP contribution in [0.2, 0.25) is 0 Å². The van der Waals surface area contributed by atoms with E-state index < -0.39 is 163 Å². The smallest absolute Gasteiger partial charge is 0.394 e. The topological polar surface area (TPSA) is 403 Å². The van der Waals surface area contributed by atoms with Crippen molar-refractivity contribution in [3.8, 4) is 0 Å². The van der Waals surface area contributed by atoms with Crippen molar-refractivity contribution in [1.82, 2.24) is 5.32 Å². The molecule has 4 heterocycles. The summed E-state index contributed by atoms with van der Waals surface area (Å²) in [6.07, 6.45) is -36.6. The highest BCUT2D eigenvalue weighted by molar-refractivity contribution is 7.46. The average molecular weight is 788 g/mol. The number of hydrogen-bond acceptors (Lipinski definition) is 22. The Bertz CT molecular complexity index is 1200. The zero-order chi connectivity index (χ0) is 38.8. The minimum absolute atomic E-state index is 0.740. The second-order valence-electron chi connectivity index (χ2n) is 12.5. The van der Waals surface area contributed by atoms with Crippen molar-refractivity contribution in [2.45, 2.75) is 130 Å². The number of ether oxygens (including phenoxy) is 7. The Morgan fingerprint density at radius 1 is 0.577 bits per heavy atom. The summed E-state index contributed by atoms with van der Waals surface area (Å²) < 4.78 is 54.8. The van der Waals surface area contributed by atoms with Crippen molar-refractivity contribution in [2.75, 3.05) is 26.4 Å². The molecule has 0 spiro atoms. The highest BCUT2D eigenvalue weighted by Gasteiger charge is 2.56. The van der Waals surface area contributed by atoms with Gasteiger partial charge in [0.1, 0.15) is 97.6 Å². The van der Waals surface area contributed by atoms with Crippen LogP contribution in [0.3, 0.4) is 0 Å². The van der Waals surface area contributed by atoms with Crippen LogP contribution in [0, 0.1) is 0 Å². The van der Waals surface area contributed by atoms with Gasteiger partial charge in [0, 0.05) is 6.92 Å². The predicted octanol–water partition coefficient (Wildman–Crippen LogP) is -9.49. The molecule has 0 bridgehead atoms. The number of nitrogens with one attached hydrogen (secondary N) is 1. The van der Waals surface area contributed by atoms with Crippen molar-refractivity contribution in [2.24, 2.45) is 0 Å². The van der Waals surface area contributed by atoms with Crippen LogP contribution in [-0.4, -0.2) is 226 Å². The Morgan fingerprint density at radius 3 is 1.52 bits per heavy atom. The van der Waals surface area contributed by atoms with Crippen molar-refractivity contribution in [3.63, 3.8) is 0 Å². The molecule has 4 aliphatic heterocycles. The second-order valence-corrected chi connectivity index (χ2v) is 13.7. The molecule has 0 aromatic carbocycles. The molecule has 26 heteroatoms. The first kappa shape index (κ1) is 43.5.